The second-order valence-electron chi connectivity index (χ2n) is 9.26. The van der Waals surface area contributed by atoms with Crippen molar-refractivity contribution in [3.05, 3.63) is 83.1 Å². The maximum Gasteiger partial charge on any atom is 0.248 e. The zero-order chi connectivity index (χ0) is 24.5. The van der Waals surface area contributed by atoms with Crippen LogP contribution in [-0.2, 0) is 0 Å². The number of primary amides is 1. The first-order chi connectivity index (χ1) is 16.9. The highest BCUT2D eigenvalue weighted by Gasteiger charge is 2.28. The van der Waals surface area contributed by atoms with Crippen LogP contribution in [0, 0.1) is 23.6 Å². The molecule has 2 aromatic carbocycles. The molecule has 1 aliphatic carbocycles. The molecule has 1 aliphatic rings. The molecule has 3 N–H and O–H groups in total. The molecule has 0 saturated heterocycles. The Bertz CT molecular complexity index is 1490. The molecule has 4 aromatic rings. The number of halogens is 1. The van der Waals surface area contributed by atoms with Gasteiger partial charge in [-0.25, -0.2) is 14.4 Å². The molecule has 6 nitrogen and oxygen atoms in total. The largest absolute Gasteiger partial charge is 0.367 e. The molecule has 1 saturated carbocycles. The Morgan fingerprint density at radius 3 is 2.74 bits per heavy atom. The third-order valence-electron chi connectivity index (χ3n) is 6.00. The fourth-order valence-electron chi connectivity index (χ4n) is 4.05. The van der Waals surface area contributed by atoms with Gasteiger partial charge in [0, 0.05) is 23.9 Å². The minimum Gasteiger partial charge on any atom is -0.367 e. The summed E-state index contributed by atoms with van der Waals surface area (Å²) in [5.74, 6) is 6.49. The van der Waals surface area contributed by atoms with E-state index in [-0.39, 0.29) is 5.82 Å². The molecule has 5 rings (SSSR count). The van der Waals surface area contributed by atoms with Gasteiger partial charge in [-0.15, -0.1) is 0 Å². The summed E-state index contributed by atoms with van der Waals surface area (Å²) in [7, 11) is 0. The maximum absolute atomic E-state index is 14.1. The van der Waals surface area contributed by atoms with Crippen LogP contribution in [-0.4, -0.2) is 26.8 Å². The number of hydrogen-bond acceptors (Lipinski definition) is 4. The van der Waals surface area contributed by atoms with E-state index < -0.39 is 5.91 Å². The average Bonchev–Trinajstić information content (AvgIpc) is 3.60. The van der Waals surface area contributed by atoms with Crippen molar-refractivity contribution in [2.24, 2.45) is 11.7 Å². The Hall–Kier alpha value is -4.18. The predicted octanol–water partition coefficient (Wildman–Crippen LogP) is 4.98. The van der Waals surface area contributed by atoms with E-state index in [1.165, 1.54) is 6.07 Å². The molecule has 1 amide bonds. The van der Waals surface area contributed by atoms with Gasteiger partial charge < -0.3 is 11.1 Å². The standard InChI is InChI=1S/C28H26FN5O/c1-17(2)14-31-27-28-32-15-25(20-10-12-22(26(30)35)23(13-20)18-7-8-18)34(28)16-21(33-27)11-9-19-5-3-4-6-24(19)29/h3-6,10,12-13,15-18H,7-8,14H2,1-2H3,(H2,30,35)(H,31,33). The number of nitrogens with two attached hydrogens (primary N) is 1. The molecule has 0 spiro atoms. The van der Waals surface area contributed by atoms with Crippen LogP contribution in [0.5, 0.6) is 0 Å². The number of rotatable bonds is 6. The summed E-state index contributed by atoms with van der Waals surface area (Å²) in [5.41, 5.74) is 10.4. The third-order valence-corrected chi connectivity index (χ3v) is 6.00. The van der Waals surface area contributed by atoms with Crippen molar-refractivity contribution in [2.45, 2.75) is 32.6 Å². The highest BCUT2D eigenvalue weighted by atomic mass is 19.1. The molecule has 2 heterocycles. The third kappa shape index (κ3) is 4.73. The molecule has 2 aromatic heterocycles. The summed E-state index contributed by atoms with van der Waals surface area (Å²) in [6.45, 7) is 4.94. The van der Waals surface area contributed by atoms with Gasteiger partial charge in [0.2, 0.25) is 5.91 Å². The van der Waals surface area contributed by atoms with E-state index in [4.69, 9.17) is 5.73 Å². The van der Waals surface area contributed by atoms with E-state index in [0.717, 1.165) is 29.7 Å². The topological polar surface area (TPSA) is 85.3 Å². The van der Waals surface area contributed by atoms with Gasteiger partial charge in [-0.1, -0.05) is 38.0 Å². The molecule has 0 unspecified atom stereocenters. The van der Waals surface area contributed by atoms with Crippen LogP contribution >= 0.6 is 0 Å². The first kappa shape index (κ1) is 22.6. The fraction of sp³-hybridized carbons (Fsp3) is 0.250. The Balaban J connectivity index is 1.63. The fourth-order valence-corrected chi connectivity index (χ4v) is 4.05. The molecule has 0 bridgehead atoms. The lowest BCUT2D eigenvalue weighted by Gasteiger charge is -2.12. The van der Waals surface area contributed by atoms with Crippen molar-refractivity contribution in [1.29, 1.82) is 0 Å². The highest BCUT2D eigenvalue weighted by molar-refractivity contribution is 5.95. The molecular weight excluding hydrogens is 441 g/mol. The molecule has 0 radical (unpaired) electrons. The van der Waals surface area contributed by atoms with Crippen LogP contribution in [0.25, 0.3) is 16.9 Å². The number of benzene rings is 2. The lowest BCUT2D eigenvalue weighted by molar-refractivity contribution is 0.0999. The van der Waals surface area contributed by atoms with Gasteiger partial charge in [-0.3, -0.25) is 9.20 Å². The monoisotopic (exact) mass is 467 g/mol. The van der Waals surface area contributed by atoms with E-state index in [0.29, 0.717) is 46.7 Å². The molecule has 35 heavy (non-hydrogen) atoms. The highest BCUT2D eigenvalue weighted by Crippen LogP contribution is 2.43. The number of aromatic nitrogens is 3. The number of amides is 1. The van der Waals surface area contributed by atoms with Gasteiger partial charge in [0.25, 0.3) is 0 Å². The Morgan fingerprint density at radius 1 is 1.23 bits per heavy atom. The Kier molecular flexibility index (Phi) is 5.96. The number of carbonyl (C=O) groups is 1. The van der Waals surface area contributed by atoms with Gasteiger partial charge >= 0.3 is 0 Å². The molecule has 1 fully saturated rings. The van der Waals surface area contributed by atoms with Gasteiger partial charge in [0.15, 0.2) is 11.5 Å². The molecule has 7 heteroatoms. The molecule has 0 atom stereocenters. The van der Waals surface area contributed by atoms with Crippen molar-refractivity contribution >= 4 is 17.4 Å². The van der Waals surface area contributed by atoms with Crippen LogP contribution in [0.4, 0.5) is 10.2 Å². The average molecular weight is 468 g/mol. The lowest BCUT2D eigenvalue weighted by Crippen LogP contribution is -2.13. The summed E-state index contributed by atoms with van der Waals surface area (Å²) in [6.07, 6.45) is 5.71. The van der Waals surface area contributed by atoms with Crippen molar-refractivity contribution in [3.8, 4) is 23.1 Å². The summed E-state index contributed by atoms with van der Waals surface area (Å²) in [4.78, 5) is 21.2. The molecule has 0 aliphatic heterocycles. The van der Waals surface area contributed by atoms with Crippen LogP contribution in [0.1, 0.15) is 59.8 Å². The second-order valence-corrected chi connectivity index (χ2v) is 9.26. The Labute approximate surface area is 203 Å². The van der Waals surface area contributed by atoms with Gasteiger partial charge in [0.05, 0.1) is 17.5 Å². The van der Waals surface area contributed by atoms with Crippen molar-refractivity contribution in [2.75, 3.05) is 11.9 Å². The van der Waals surface area contributed by atoms with Crippen molar-refractivity contribution < 1.29 is 9.18 Å². The van der Waals surface area contributed by atoms with Gasteiger partial charge in [0.1, 0.15) is 11.5 Å². The summed E-state index contributed by atoms with van der Waals surface area (Å²) < 4.78 is 16.0. The van der Waals surface area contributed by atoms with E-state index >= 15 is 0 Å². The van der Waals surface area contributed by atoms with Crippen LogP contribution in [0.3, 0.4) is 0 Å². The minimum atomic E-state index is -0.410. The smallest absolute Gasteiger partial charge is 0.248 e. The van der Waals surface area contributed by atoms with Crippen molar-refractivity contribution in [3.63, 3.8) is 0 Å². The van der Waals surface area contributed by atoms with Gasteiger partial charge in [-0.2, -0.15) is 0 Å². The normalized spacial score (nSPS) is 13.0. The van der Waals surface area contributed by atoms with Crippen LogP contribution < -0.4 is 11.1 Å². The number of anilines is 1. The quantitative estimate of drug-likeness (QED) is 0.392. The first-order valence-corrected chi connectivity index (χ1v) is 11.7. The molecule has 176 valence electrons. The minimum absolute atomic E-state index is 0.313. The van der Waals surface area contributed by atoms with Crippen LogP contribution in [0.2, 0.25) is 0 Å². The lowest BCUT2D eigenvalue weighted by atomic mass is 9.98. The number of hydrogen-bond donors (Lipinski definition) is 2. The van der Waals surface area contributed by atoms with E-state index in [9.17, 15) is 9.18 Å². The van der Waals surface area contributed by atoms with E-state index in [2.05, 4.69) is 41.0 Å². The molecular formula is C28H26FN5O. The SMILES string of the molecule is CC(C)CNc1nc(C#Cc2ccccc2F)cn2c(-c3ccc(C(N)=O)c(C4CC4)c3)cnc12. The summed E-state index contributed by atoms with van der Waals surface area (Å²) in [6, 6.07) is 12.1. The van der Waals surface area contributed by atoms with E-state index in [1.807, 2.05) is 22.7 Å². The maximum atomic E-state index is 14.1. The van der Waals surface area contributed by atoms with Gasteiger partial charge in [-0.05, 0) is 60.4 Å². The number of nitrogens with one attached hydrogen (secondary N) is 1. The van der Waals surface area contributed by atoms with E-state index in [1.54, 1.807) is 30.5 Å². The number of nitrogens with zero attached hydrogens (tertiary/aromatic N) is 3. The summed E-state index contributed by atoms with van der Waals surface area (Å²) >= 11 is 0. The van der Waals surface area contributed by atoms with Crippen molar-refractivity contribution in [1.82, 2.24) is 14.4 Å². The zero-order valence-corrected chi connectivity index (χ0v) is 19.7. The van der Waals surface area contributed by atoms with Crippen LogP contribution in [0.15, 0.2) is 54.9 Å². The number of imidazole rings is 1. The zero-order valence-electron chi connectivity index (χ0n) is 19.7. The second kappa shape index (κ2) is 9.22. The summed E-state index contributed by atoms with van der Waals surface area (Å²) in [5, 5.41) is 3.37. The number of fused-ring (bicyclic) bond motifs is 1. The number of carbonyl (C=O) groups excluding carboxylic acids is 1. The predicted molar refractivity (Wildman–Crippen MR) is 135 cm³/mol. The Morgan fingerprint density at radius 2 is 2.03 bits per heavy atom. The first-order valence-electron chi connectivity index (χ1n) is 11.7.